The lowest BCUT2D eigenvalue weighted by Gasteiger charge is -2.28. The van der Waals surface area contributed by atoms with Gasteiger partial charge in [-0.3, -0.25) is 14.9 Å². The summed E-state index contributed by atoms with van der Waals surface area (Å²) in [6, 6.07) is 4.46. The predicted octanol–water partition coefficient (Wildman–Crippen LogP) is 2.58. The zero-order valence-corrected chi connectivity index (χ0v) is 13.5. The maximum Gasteiger partial charge on any atom is 0.323 e. The van der Waals surface area contributed by atoms with Crippen molar-refractivity contribution < 1.29 is 19.6 Å². The van der Waals surface area contributed by atoms with Crippen molar-refractivity contribution in [2.75, 3.05) is 7.05 Å². The van der Waals surface area contributed by atoms with Crippen LogP contribution in [0.25, 0.3) is 0 Å². The molecule has 0 aliphatic carbocycles. The van der Waals surface area contributed by atoms with E-state index in [-0.39, 0.29) is 16.6 Å². The van der Waals surface area contributed by atoms with Crippen LogP contribution in [-0.2, 0) is 4.79 Å². The van der Waals surface area contributed by atoms with Crippen LogP contribution in [-0.4, -0.2) is 34.7 Å². The quantitative estimate of drug-likeness (QED) is 0.572. The van der Waals surface area contributed by atoms with Gasteiger partial charge in [-0.25, -0.2) is 0 Å². The SMILES string of the molecule is CNC(C)(CC(C)Oc1cccc([N+](=O)[O-])c1Br)C(=O)O. The summed E-state index contributed by atoms with van der Waals surface area (Å²) in [6.07, 6.45) is -0.245. The number of nitro benzene ring substituents is 1. The van der Waals surface area contributed by atoms with Gasteiger partial charge in [0, 0.05) is 12.5 Å². The highest BCUT2D eigenvalue weighted by Crippen LogP contribution is 2.34. The first-order valence-corrected chi connectivity index (χ1v) is 7.02. The molecule has 0 aromatic heterocycles. The first-order chi connectivity index (χ1) is 9.71. The van der Waals surface area contributed by atoms with Crippen molar-refractivity contribution in [2.24, 2.45) is 0 Å². The number of hydrogen-bond donors (Lipinski definition) is 2. The van der Waals surface area contributed by atoms with Crippen LogP contribution in [0.2, 0.25) is 0 Å². The number of nitrogens with one attached hydrogen (secondary N) is 1. The molecule has 1 rings (SSSR count). The van der Waals surface area contributed by atoms with Crippen molar-refractivity contribution in [2.45, 2.75) is 31.9 Å². The number of nitro groups is 1. The van der Waals surface area contributed by atoms with E-state index >= 15 is 0 Å². The van der Waals surface area contributed by atoms with E-state index in [1.54, 1.807) is 27.0 Å². The highest BCUT2D eigenvalue weighted by molar-refractivity contribution is 9.10. The van der Waals surface area contributed by atoms with E-state index in [0.717, 1.165) is 0 Å². The van der Waals surface area contributed by atoms with Gasteiger partial charge in [0.15, 0.2) is 0 Å². The van der Waals surface area contributed by atoms with E-state index in [1.807, 2.05) is 0 Å². The summed E-state index contributed by atoms with van der Waals surface area (Å²) in [5.41, 5.74) is -1.23. The number of hydrogen-bond acceptors (Lipinski definition) is 5. The molecule has 1 aromatic rings. The molecule has 0 bridgehead atoms. The van der Waals surface area contributed by atoms with E-state index < -0.39 is 22.5 Å². The molecule has 0 amide bonds. The van der Waals surface area contributed by atoms with Gasteiger partial charge in [0.2, 0.25) is 0 Å². The molecule has 0 aliphatic heterocycles. The summed E-state index contributed by atoms with van der Waals surface area (Å²) in [5, 5.41) is 22.8. The summed E-state index contributed by atoms with van der Waals surface area (Å²) in [7, 11) is 1.56. The van der Waals surface area contributed by atoms with E-state index in [1.165, 1.54) is 12.1 Å². The normalized spacial score (nSPS) is 15.0. The molecule has 7 nitrogen and oxygen atoms in total. The zero-order valence-electron chi connectivity index (χ0n) is 11.9. The topological polar surface area (TPSA) is 102 Å². The summed E-state index contributed by atoms with van der Waals surface area (Å²) in [4.78, 5) is 21.6. The fourth-order valence-corrected chi connectivity index (χ4v) is 2.36. The zero-order chi connectivity index (χ0) is 16.2. The minimum absolute atomic E-state index is 0.102. The van der Waals surface area contributed by atoms with Crippen molar-refractivity contribution in [3.63, 3.8) is 0 Å². The first-order valence-electron chi connectivity index (χ1n) is 6.23. The van der Waals surface area contributed by atoms with Gasteiger partial charge in [0.1, 0.15) is 15.8 Å². The number of carbonyl (C=O) groups is 1. The minimum atomic E-state index is -1.13. The number of aliphatic carboxylic acids is 1. The van der Waals surface area contributed by atoms with Crippen molar-refractivity contribution in [1.82, 2.24) is 5.32 Å². The summed E-state index contributed by atoms with van der Waals surface area (Å²) in [5.74, 6) is -0.681. The molecule has 0 spiro atoms. The number of halogens is 1. The number of carboxylic acid groups (broad SMARTS) is 1. The molecular formula is C13H17BrN2O5. The van der Waals surface area contributed by atoms with Crippen molar-refractivity contribution >= 4 is 27.6 Å². The number of likely N-dealkylation sites (N-methyl/N-ethyl adjacent to an activating group) is 1. The first kappa shape index (κ1) is 17.4. The van der Waals surface area contributed by atoms with Crippen molar-refractivity contribution in [3.05, 3.63) is 32.8 Å². The predicted molar refractivity (Wildman–Crippen MR) is 80.6 cm³/mol. The molecule has 0 saturated heterocycles. The fraction of sp³-hybridized carbons (Fsp3) is 0.462. The van der Waals surface area contributed by atoms with Crippen LogP contribution >= 0.6 is 15.9 Å². The molecule has 2 unspecified atom stereocenters. The molecule has 0 aliphatic rings. The average Bonchev–Trinajstić information content (AvgIpc) is 2.40. The van der Waals surface area contributed by atoms with Gasteiger partial charge in [0.25, 0.3) is 5.69 Å². The molecule has 21 heavy (non-hydrogen) atoms. The van der Waals surface area contributed by atoms with Crippen LogP contribution in [0.1, 0.15) is 20.3 Å². The largest absolute Gasteiger partial charge is 0.489 e. The molecular weight excluding hydrogens is 344 g/mol. The lowest BCUT2D eigenvalue weighted by atomic mass is 9.95. The van der Waals surface area contributed by atoms with Gasteiger partial charge in [-0.15, -0.1) is 0 Å². The fourth-order valence-electron chi connectivity index (χ4n) is 1.86. The van der Waals surface area contributed by atoms with Crippen LogP contribution in [0.5, 0.6) is 5.75 Å². The van der Waals surface area contributed by atoms with Gasteiger partial charge < -0.3 is 15.2 Å². The van der Waals surface area contributed by atoms with Crippen LogP contribution in [0.15, 0.2) is 22.7 Å². The van der Waals surface area contributed by atoms with Gasteiger partial charge in [-0.05, 0) is 42.9 Å². The summed E-state index contributed by atoms with van der Waals surface area (Å²) < 4.78 is 5.87. The van der Waals surface area contributed by atoms with Crippen molar-refractivity contribution in [1.29, 1.82) is 0 Å². The maximum atomic E-state index is 11.2. The summed E-state index contributed by atoms with van der Waals surface area (Å²) >= 11 is 3.14. The van der Waals surface area contributed by atoms with Gasteiger partial charge in [-0.1, -0.05) is 6.07 Å². The number of carboxylic acids is 1. The maximum absolute atomic E-state index is 11.2. The molecule has 2 atom stereocenters. The molecule has 0 fully saturated rings. The van der Waals surface area contributed by atoms with Crippen LogP contribution in [0.3, 0.4) is 0 Å². The molecule has 1 aromatic carbocycles. The monoisotopic (exact) mass is 360 g/mol. The molecule has 2 N–H and O–H groups in total. The number of ether oxygens (including phenoxy) is 1. The third-order valence-electron chi connectivity index (χ3n) is 3.19. The standard InChI is InChI=1S/C13H17BrN2O5/c1-8(7-13(2,15-3)12(17)18)21-10-6-4-5-9(11(10)14)16(19)20/h4-6,8,15H,7H2,1-3H3,(H,17,18). The van der Waals surface area contributed by atoms with Crippen LogP contribution in [0, 0.1) is 10.1 Å². The van der Waals surface area contributed by atoms with Crippen LogP contribution < -0.4 is 10.1 Å². The molecule has 0 saturated carbocycles. The van der Waals surface area contributed by atoms with Crippen LogP contribution in [0.4, 0.5) is 5.69 Å². The van der Waals surface area contributed by atoms with E-state index in [9.17, 15) is 20.0 Å². The molecule has 8 heteroatoms. The third-order valence-corrected chi connectivity index (χ3v) is 3.98. The number of benzene rings is 1. The molecule has 0 radical (unpaired) electrons. The van der Waals surface area contributed by atoms with E-state index in [0.29, 0.717) is 5.75 Å². The molecule has 0 heterocycles. The Hall–Kier alpha value is -1.67. The molecule has 116 valence electrons. The van der Waals surface area contributed by atoms with Gasteiger partial charge >= 0.3 is 5.97 Å². The van der Waals surface area contributed by atoms with E-state index in [4.69, 9.17) is 4.74 Å². The van der Waals surface area contributed by atoms with Gasteiger partial charge in [-0.2, -0.15) is 0 Å². The minimum Gasteiger partial charge on any atom is -0.489 e. The second-order valence-corrected chi connectivity index (χ2v) is 5.66. The summed E-state index contributed by atoms with van der Waals surface area (Å²) in [6.45, 7) is 3.27. The van der Waals surface area contributed by atoms with Crippen molar-refractivity contribution in [3.8, 4) is 5.75 Å². The van der Waals surface area contributed by atoms with Gasteiger partial charge in [0.05, 0.1) is 11.0 Å². The smallest absolute Gasteiger partial charge is 0.323 e. The average molecular weight is 361 g/mol. The Morgan fingerprint density at radius 1 is 1.62 bits per heavy atom. The lowest BCUT2D eigenvalue weighted by molar-refractivity contribution is -0.385. The second kappa shape index (κ2) is 6.86. The number of rotatable bonds is 7. The number of nitrogens with zero attached hydrogens (tertiary/aromatic N) is 1. The van der Waals surface area contributed by atoms with E-state index in [2.05, 4.69) is 21.2 Å². The second-order valence-electron chi connectivity index (χ2n) is 4.87. The Bertz CT molecular complexity index is 551. The third kappa shape index (κ3) is 4.15. The highest BCUT2D eigenvalue weighted by Gasteiger charge is 2.34. The Labute approximate surface area is 130 Å². The Morgan fingerprint density at radius 2 is 2.24 bits per heavy atom. The Balaban J connectivity index is 2.89. The Kier molecular flexibility index (Phi) is 5.68. The lowest BCUT2D eigenvalue weighted by Crippen LogP contribution is -2.50. The highest BCUT2D eigenvalue weighted by atomic mass is 79.9. The Morgan fingerprint density at radius 3 is 2.71 bits per heavy atom.